The maximum absolute atomic E-state index is 12.9. The van der Waals surface area contributed by atoms with Crippen LogP contribution in [-0.2, 0) is 11.4 Å². The summed E-state index contributed by atoms with van der Waals surface area (Å²) in [5.74, 6) is -0.188. The molecule has 4 N–H and O–H groups in total. The SMILES string of the molecule is CO/N=C(/c1ccc(NCc2ccc(N3CCC(O)C3)cc2)cc1)c1ccc(NC(=O)c2ccc(N3CCC(O)C3)cc2)cc1. The molecule has 2 unspecified atom stereocenters. The monoisotopic (exact) mass is 605 g/mol. The first kappa shape index (κ1) is 30.2. The minimum absolute atomic E-state index is 0.188. The predicted octanol–water partition coefficient (Wildman–Crippen LogP) is 5.09. The van der Waals surface area contributed by atoms with Crippen LogP contribution < -0.4 is 20.4 Å². The van der Waals surface area contributed by atoms with Crippen molar-refractivity contribution in [3.8, 4) is 0 Å². The van der Waals surface area contributed by atoms with E-state index in [0.717, 1.165) is 54.1 Å². The minimum atomic E-state index is -0.293. The van der Waals surface area contributed by atoms with Crippen LogP contribution in [0, 0.1) is 0 Å². The Kier molecular flexibility index (Phi) is 9.28. The van der Waals surface area contributed by atoms with Gasteiger partial charge in [0.1, 0.15) is 12.8 Å². The fourth-order valence-electron chi connectivity index (χ4n) is 5.83. The van der Waals surface area contributed by atoms with Crippen LogP contribution in [-0.4, -0.2) is 67.3 Å². The number of amides is 1. The van der Waals surface area contributed by atoms with Gasteiger partial charge in [-0.25, -0.2) is 0 Å². The number of nitrogens with zero attached hydrogens (tertiary/aromatic N) is 3. The summed E-state index contributed by atoms with van der Waals surface area (Å²) in [6, 6.07) is 31.5. The molecule has 9 nitrogen and oxygen atoms in total. The van der Waals surface area contributed by atoms with Gasteiger partial charge >= 0.3 is 0 Å². The van der Waals surface area contributed by atoms with E-state index in [9.17, 15) is 15.0 Å². The van der Waals surface area contributed by atoms with E-state index in [-0.39, 0.29) is 18.1 Å². The predicted molar refractivity (Wildman–Crippen MR) is 179 cm³/mol. The van der Waals surface area contributed by atoms with Gasteiger partial charge < -0.3 is 35.5 Å². The molecule has 2 fully saturated rings. The number of aliphatic hydroxyl groups is 2. The zero-order chi connectivity index (χ0) is 31.2. The molecule has 45 heavy (non-hydrogen) atoms. The van der Waals surface area contributed by atoms with Gasteiger partial charge in [0, 0.05) is 72.2 Å². The number of oxime groups is 1. The number of carbonyl (C=O) groups excluding carboxylic acids is 1. The number of benzene rings is 4. The second-order valence-electron chi connectivity index (χ2n) is 11.6. The lowest BCUT2D eigenvalue weighted by atomic mass is 10.0. The van der Waals surface area contributed by atoms with Crippen LogP contribution in [0.25, 0.3) is 0 Å². The van der Waals surface area contributed by atoms with E-state index >= 15 is 0 Å². The molecule has 0 aliphatic carbocycles. The first-order chi connectivity index (χ1) is 21.9. The largest absolute Gasteiger partial charge is 0.399 e. The normalized spacial score (nSPS) is 18.2. The zero-order valence-electron chi connectivity index (χ0n) is 25.4. The molecule has 0 aromatic heterocycles. The van der Waals surface area contributed by atoms with E-state index in [4.69, 9.17) is 4.84 Å². The summed E-state index contributed by atoms with van der Waals surface area (Å²) in [7, 11) is 1.53. The summed E-state index contributed by atoms with van der Waals surface area (Å²) in [6.45, 7) is 3.72. The van der Waals surface area contributed by atoms with Crippen molar-refractivity contribution in [3.05, 3.63) is 119 Å². The van der Waals surface area contributed by atoms with E-state index in [1.54, 1.807) is 0 Å². The van der Waals surface area contributed by atoms with Crippen molar-refractivity contribution in [2.75, 3.05) is 53.7 Å². The lowest BCUT2D eigenvalue weighted by Gasteiger charge is -2.18. The molecule has 4 aromatic carbocycles. The Balaban J connectivity index is 1.04. The highest BCUT2D eigenvalue weighted by Crippen LogP contribution is 2.24. The standard InChI is InChI=1S/C36H39N5O4/c1-45-39-35(26-4-10-29(11-5-26)37-22-25-2-14-31(15-3-25)40-20-18-33(42)23-40)27-6-12-30(13-7-27)38-36(44)28-8-16-32(17-9-28)41-21-19-34(43)24-41/h2-17,33-34,37,42-43H,18-24H2,1H3,(H,38,44)/b39-35-. The van der Waals surface area contributed by atoms with Crippen LogP contribution in [0.2, 0.25) is 0 Å². The topological polar surface area (TPSA) is 110 Å². The van der Waals surface area contributed by atoms with Crippen molar-refractivity contribution >= 4 is 34.4 Å². The van der Waals surface area contributed by atoms with Crippen LogP contribution in [0.4, 0.5) is 22.7 Å². The van der Waals surface area contributed by atoms with Gasteiger partial charge in [-0.05, 0) is 79.1 Å². The van der Waals surface area contributed by atoms with Gasteiger partial charge in [-0.15, -0.1) is 0 Å². The van der Waals surface area contributed by atoms with Gasteiger partial charge in [0.2, 0.25) is 0 Å². The molecule has 2 atom stereocenters. The number of carbonyl (C=O) groups is 1. The molecule has 4 aromatic rings. The molecule has 0 saturated carbocycles. The summed E-state index contributed by atoms with van der Waals surface area (Å²) >= 11 is 0. The Morgan fingerprint density at radius 1 is 0.733 bits per heavy atom. The molecule has 0 spiro atoms. The smallest absolute Gasteiger partial charge is 0.255 e. The summed E-state index contributed by atoms with van der Waals surface area (Å²) in [4.78, 5) is 22.4. The first-order valence-electron chi connectivity index (χ1n) is 15.4. The summed E-state index contributed by atoms with van der Waals surface area (Å²) in [5, 5.41) is 30.3. The number of anilines is 4. The second kappa shape index (κ2) is 13.8. The van der Waals surface area contributed by atoms with Crippen molar-refractivity contribution in [1.82, 2.24) is 0 Å². The molecule has 1 amide bonds. The van der Waals surface area contributed by atoms with Crippen LogP contribution in [0.15, 0.2) is 102 Å². The highest BCUT2D eigenvalue weighted by Gasteiger charge is 2.21. The van der Waals surface area contributed by atoms with Gasteiger partial charge in [0.05, 0.1) is 12.2 Å². The van der Waals surface area contributed by atoms with E-state index in [1.807, 2.05) is 72.8 Å². The van der Waals surface area contributed by atoms with Crippen molar-refractivity contribution in [3.63, 3.8) is 0 Å². The molecule has 2 aliphatic heterocycles. The molecular weight excluding hydrogens is 566 g/mol. The third-order valence-corrected chi connectivity index (χ3v) is 8.38. The van der Waals surface area contributed by atoms with Crippen LogP contribution in [0.1, 0.15) is 39.9 Å². The van der Waals surface area contributed by atoms with E-state index in [2.05, 4.69) is 49.9 Å². The van der Waals surface area contributed by atoms with Crippen LogP contribution in [0.3, 0.4) is 0 Å². The number of aliphatic hydroxyl groups excluding tert-OH is 2. The van der Waals surface area contributed by atoms with E-state index in [1.165, 1.54) is 12.7 Å². The minimum Gasteiger partial charge on any atom is -0.399 e. The number of nitrogens with one attached hydrogen (secondary N) is 2. The fraction of sp³-hybridized carbons (Fsp3) is 0.278. The summed E-state index contributed by atoms with van der Waals surface area (Å²) < 4.78 is 0. The zero-order valence-corrected chi connectivity index (χ0v) is 25.4. The molecule has 0 bridgehead atoms. The van der Waals surface area contributed by atoms with Crippen molar-refractivity contribution in [2.45, 2.75) is 31.6 Å². The van der Waals surface area contributed by atoms with Crippen molar-refractivity contribution in [2.24, 2.45) is 5.16 Å². The Labute approximate surface area is 263 Å². The molecule has 9 heteroatoms. The average molecular weight is 606 g/mol. The highest BCUT2D eigenvalue weighted by atomic mass is 16.6. The molecule has 0 radical (unpaired) electrons. The fourth-order valence-corrected chi connectivity index (χ4v) is 5.83. The molecular formula is C36H39N5O4. The van der Waals surface area contributed by atoms with Crippen LogP contribution >= 0.6 is 0 Å². The van der Waals surface area contributed by atoms with E-state index < -0.39 is 0 Å². The second-order valence-corrected chi connectivity index (χ2v) is 11.6. The highest BCUT2D eigenvalue weighted by molar-refractivity contribution is 6.13. The molecule has 2 aliphatic rings. The third kappa shape index (κ3) is 7.45. The Morgan fingerprint density at radius 3 is 1.71 bits per heavy atom. The maximum Gasteiger partial charge on any atom is 0.255 e. The van der Waals surface area contributed by atoms with Gasteiger partial charge in [-0.1, -0.05) is 41.6 Å². The Morgan fingerprint density at radius 2 is 1.22 bits per heavy atom. The number of β-amino-alcohol motifs (C(OH)–C–C–N with tert-alkyl or cyclic N) is 2. The van der Waals surface area contributed by atoms with Gasteiger partial charge in [-0.2, -0.15) is 0 Å². The first-order valence-corrected chi connectivity index (χ1v) is 15.4. The maximum atomic E-state index is 12.9. The third-order valence-electron chi connectivity index (χ3n) is 8.38. The van der Waals surface area contributed by atoms with Gasteiger partial charge in [-0.3, -0.25) is 4.79 Å². The van der Waals surface area contributed by atoms with Crippen molar-refractivity contribution < 1.29 is 19.8 Å². The number of hydrogen-bond acceptors (Lipinski definition) is 8. The molecule has 2 saturated heterocycles. The quantitative estimate of drug-likeness (QED) is 0.147. The summed E-state index contributed by atoms with van der Waals surface area (Å²) in [6.07, 6.45) is 1.06. The summed E-state index contributed by atoms with van der Waals surface area (Å²) in [5.41, 5.74) is 8.02. The molecule has 6 rings (SSSR count). The Hall–Kier alpha value is -4.86. The lowest BCUT2D eigenvalue weighted by molar-refractivity contribution is 0.102. The molecule has 232 valence electrons. The van der Waals surface area contributed by atoms with E-state index in [0.29, 0.717) is 36.6 Å². The number of rotatable bonds is 10. The number of hydrogen-bond donors (Lipinski definition) is 4. The lowest BCUT2D eigenvalue weighted by Crippen LogP contribution is -2.21. The van der Waals surface area contributed by atoms with Crippen LogP contribution in [0.5, 0.6) is 0 Å². The Bertz CT molecular complexity index is 1610. The van der Waals surface area contributed by atoms with Gasteiger partial charge in [0.25, 0.3) is 5.91 Å². The van der Waals surface area contributed by atoms with Gasteiger partial charge in [0.15, 0.2) is 0 Å². The van der Waals surface area contributed by atoms with Crippen molar-refractivity contribution in [1.29, 1.82) is 0 Å². The molecule has 2 heterocycles. The average Bonchev–Trinajstić information content (AvgIpc) is 3.72.